The molecule has 2 atom stereocenters. The highest BCUT2D eigenvalue weighted by Gasteiger charge is 2.39. The number of piperazine rings is 1. The fourth-order valence-corrected chi connectivity index (χ4v) is 5.08. The Labute approximate surface area is 151 Å². The number of carbonyl (C=O) groups is 1. The molecule has 2 heterocycles. The van der Waals surface area contributed by atoms with Crippen LogP contribution < -0.4 is 11.1 Å². The van der Waals surface area contributed by atoms with E-state index >= 15 is 0 Å². The van der Waals surface area contributed by atoms with E-state index in [1.807, 2.05) is 9.96 Å². The van der Waals surface area contributed by atoms with Gasteiger partial charge < -0.3 is 11.1 Å². The minimum atomic E-state index is -0.329. The third-order valence-corrected chi connectivity index (χ3v) is 6.27. The molecule has 130 valence electrons. The number of primary amides is 1. The number of rotatable bonds is 6. The van der Waals surface area contributed by atoms with Crippen LogP contribution in [0.3, 0.4) is 0 Å². The first-order valence-corrected chi connectivity index (χ1v) is 9.93. The predicted molar refractivity (Wildman–Crippen MR) is 102 cm³/mol. The number of hydrogen-bond acceptors (Lipinski definition) is 7. The number of carbonyl (C=O) groups excluding carboxylic acids is 1. The lowest BCUT2D eigenvalue weighted by Gasteiger charge is -2.37. The Bertz CT molecular complexity index is 606. The summed E-state index contributed by atoms with van der Waals surface area (Å²) in [6.07, 6.45) is 0. The van der Waals surface area contributed by atoms with Crippen LogP contribution in [0.1, 0.15) is 11.1 Å². The highest BCUT2D eigenvalue weighted by atomic mass is 32.2. The van der Waals surface area contributed by atoms with Crippen molar-refractivity contribution >= 4 is 35.2 Å². The zero-order valence-electron chi connectivity index (χ0n) is 13.7. The Morgan fingerprint density at radius 1 is 1.50 bits per heavy atom. The van der Waals surface area contributed by atoms with E-state index in [9.17, 15) is 4.79 Å². The van der Waals surface area contributed by atoms with Crippen molar-refractivity contribution in [2.45, 2.75) is 24.1 Å². The van der Waals surface area contributed by atoms with Crippen molar-refractivity contribution in [3.8, 4) is 0 Å². The summed E-state index contributed by atoms with van der Waals surface area (Å²) >= 11 is 3.20. The molecule has 0 aromatic heterocycles. The Hall–Kier alpha value is -1.22. The minimum Gasteiger partial charge on any atom is -0.368 e. The number of nitrogens with two attached hydrogens (primary N) is 1. The first-order chi connectivity index (χ1) is 11.6. The molecular formula is C16H23N5OS2. The van der Waals surface area contributed by atoms with Gasteiger partial charge in [0.25, 0.3) is 0 Å². The maximum absolute atomic E-state index is 12.1. The lowest BCUT2D eigenvalue weighted by atomic mass is 10.2. The minimum absolute atomic E-state index is 0.0737. The van der Waals surface area contributed by atoms with Crippen molar-refractivity contribution in [3.05, 3.63) is 35.4 Å². The van der Waals surface area contributed by atoms with E-state index in [0.29, 0.717) is 0 Å². The summed E-state index contributed by atoms with van der Waals surface area (Å²) in [5.74, 6) is 0.546. The first kappa shape index (κ1) is 17.6. The molecule has 3 N–H and O–H groups in total. The van der Waals surface area contributed by atoms with Crippen LogP contribution in [0.2, 0.25) is 0 Å². The van der Waals surface area contributed by atoms with Gasteiger partial charge in [0, 0.05) is 31.9 Å². The van der Waals surface area contributed by atoms with Gasteiger partial charge in [0.15, 0.2) is 0 Å². The number of nitrogens with zero attached hydrogens (tertiary/aromatic N) is 3. The number of nitrogens with one attached hydrogen (secondary N) is 1. The molecule has 2 unspecified atom stereocenters. The van der Waals surface area contributed by atoms with Gasteiger partial charge in [0.1, 0.15) is 11.4 Å². The van der Waals surface area contributed by atoms with Gasteiger partial charge in [-0.25, -0.2) is 4.41 Å². The molecule has 1 amide bonds. The number of hydrazone groups is 1. The van der Waals surface area contributed by atoms with Crippen molar-refractivity contribution in [1.82, 2.24) is 14.6 Å². The molecule has 24 heavy (non-hydrogen) atoms. The highest BCUT2D eigenvalue weighted by Crippen LogP contribution is 2.34. The monoisotopic (exact) mass is 365 g/mol. The Kier molecular flexibility index (Phi) is 6.04. The van der Waals surface area contributed by atoms with Crippen molar-refractivity contribution in [3.63, 3.8) is 0 Å². The van der Waals surface area contributed by atoms with E-state index in [2.05, 4.69) is 46.5 Å². The van der Waals surface area contributed by atoms with Gasteiger partial charge in [-0.2, -0.15) is 5.10 Å². The van der Waals surface area contributed by atoms with Gasteiger partial charge in [-0.1, -0.05) is 41.6 Å². The molecular weight excluding hydrogens is 342 g/mol. The van der Waals surface area contributed by atoms with Crippen LogP contribution in [0.4, 0.5) is 0 Å². The summed E-state index contributed by atoms with van der Waals surface area (Å²) in [6.45, 7) is 5.54. The Morgan fingerprint density at radius 3 is 3.00 bits per heavy atom. The quantitative estimate of drug-likeness (QED) is 0.739. The van der Waals surface area contributed by atoms with Crippen molar-refractivity contribution in [2.75, 3.05) is 26.2 Å². The number of thioether (sulfide) groups is 1. The second-order valence-electron chi connectivity index (χ2n) is 5.95. The summed E-state index contributed by atoms with van der Waals surface area (Å²) in [5, 5.41) is 7.67. The molecule has 0 bridgehead atoms. The summed E-state index contributed by atoms with van der Waals surface area (Å²) in [6, 6.07) is 8.12. The molecule has 1 aromatic carbocycles. The summed E-state index contributed by atoms with van der Waals surface area (Å²) < 4.78 is 1.93. The lowest BCUT2D eigenvalue weighted by Crippen LogP contribution is -2.58. The molecule has 0 spiro atoms. The van der Waals surface area contributed by atoms with Gasteiger partial charge in [0.05, 0.1) is 5.55 Å². The van der Waals surface area contributed by atoms with Crippen LogP contribution in [0.25, 0.3) is 0 Å². The standard InChI is InChI=1S/C16H23N5OS2/c1-12-3-2-4-13(9-12)10-24-21-16(23-11-19-21)14(15(17)22)20-7-5-18-6-8-20/h2-4,9,11,14,16,18H,5-8,10H2,1H3,(H2,17,22). The van der Waals surface area contributed by atoms with E-state index in [1.165, 1.54) is 11.1 Å². The smallest absolute Gasteiger partial charge is 0.237 e. The van der Waals surface area contributed by atoms with E-state index in [-0.39, 0.29) is 17.3 Å². The van der Waals surface area contributed by atoms with Crippen LogP contribution >= 0.6 is 23.7 Å². The van der Waals surface area contributed by atoms with Crippen LogP contribution in [-0.4, -0.2) is 58.4 Å². The average molecular weight is 366 g/mol. The Balaban J connectivity index is 1.66. The van der Waals surface area contributed by atoms with Crippen LogP contribution in [-0.2, 0) is 10.5 Å². The molecule has 2 aliphatic heterocycles. The number of aryl methyl sites for hydroxylation is 1. The Morgan fingerprint density at radius 2 is 2.29 bits per heavy atom. The molecule has 3 rings (SSSR count). The highest BCUT2D eigenvalue weighted by molar-refractivity contribution is 8.13. The van der Waals surface area contributed by atoms with E-state index in [1.54, 1.807) is 23.7 Å². The fraction of sp³-hybridized carbons (Fsp3) is 0.500. The van der Waals surface area contributed by atoms with E-state index in [4.69, 9.17) is 5.73 Å². The van der Waals surface area contributed by atoms with Gasteiger partial charge in [0.2, 0.25) is 5.91 Å². The molecule has 2 aliphatic rings. The molecule has 6 nitrogen and oxygen atoms in total. The van der Waals surface area contributed by atoms with Gasteiger partial charge in [-0.05, 0) is 24.4 Å². The first-order valence-electron chi connectivity index (χ1n) is 8.05. The third-order valence-electron chi connectivity index (χ3n) is 4.13. The maximum atomic E-state index is 12.1. The van der Waals surface area contributed by atoms with Crippen molar-refractivity contribution < 1.29 is 4.79 Å². The number of benzene rings is 1. The number of amides is 1. The van der Waals surface area contributed by atoms with Gasteiger partial charge in [-0.15, -0.1) is 0 Å². The topological polar surface area (TPSA) is 74.0 Å². The lowest BCUT2D eigenvalue weighted by molar-refractivity contribution is -0.124. The largest absolute Gasteiger partial charge is 0.368 e. The summed E-state index contributed by atoms with van der Waals surface area (Å²) in [5.41, 5.74) is 10.0. The molecule has 0 aliphatic carbocycles. The zero-order valence-corrected chi connectivity index (χ0v) is 15.4. The summed E-state index contributed by atoms with van der Waals surface area (Å²) in [4.78, 5) is 14.3. The van der Waals surface area contributed by atoms with Crippen molar-refractivity contribution in [2.24, 2.45) is 10.8 Å². The maximum Gasteiger partial charge on any atom is 0.237 e. The third kappa shape index (κ3) is 4.24. The average Bonchev–Trinajstić information content (AvgIpc) is 3.02. The molecule has 1 saturated heterocycles. The second kappa shape index (κ2) is 8.24. The van der Waals surface area contributed by atoms with Gasteiger partial charge >= 0.3 is 0 Å². The normalized spacial score (nSPS) is 22.7. The zero-order chi connectivity index (χ0) is 16.9. The van der Waals surface area contributed by atoms with Crippen LogP contribution in [0.5, 0.6) is 0 Å². The van der Waals surface area contributed by atoms with Crippen LogP contribution in [0.15, 0.2) is 29.4 Å². The second-order valence-corrected chi connectivity index (χ2v) is 7.83. The molecule has 1 fully saturated rings. The van der Waals surface area contributed by atoms with Crippen LogP contribution in [0, 0.1) is 6.92 Å². The SMILES string of the molecule is Cc1cccc(CSN2N=CSC2C(C(N)=O)N2CCNCC2)c1. The fourth-order valence-electron chi connectivity index (χ4n) is 2.96. The van der Waals surface area contributed by atoms with E-state index in [0.717, 1.165) is 31.9 Å². The molecule has 8 heteroatoms. The number of hydrogen-bond donors (Lipinski definition) is 2. The predicted octanol–water partition coefficient (Wildman–Crippen LogP) is 1.22. The van der Waals surface area contributed by atoms with Crippen molar-refractivity contribution in [1.29, 1.82) is 0 Å². The molecule has 0 saturated carbocycles. The molecule has 0 radical (unpaired) electrons. The summed E-state index contributed by atoms with van der Waals surface area (Å²) in [7, 11) is 0. The molecule has 1 aromatic rings. The van der Waals surface area contributed by atoms with E-state index < -0.39 is 0 Å². The van der Waals surface area contributed by atoms with Gasteiger partial charge in [-0.3, -0.25) is 9.69 Å².